The van der Waals surface area contributed by atoms with Crippen LogP contribution in [0.4, 0.5) is 0 Å². The Morgan fingerprint density at radius 2 is 2.12 bits per heavy atom. The summed E-state index contributed by atoms with van der Waals surface area (Å²) in [4.78, 5) is 8.56. The maximum absolute atomic E-state index is 5.51. The van der Waals surface area contributed by atoms with Crippen LogP contribution < -0.4 is 5.73 Å². The molecule has 94 valence electrons. The first-order valence-corrected chi connectivity index (χ1v) is 5.28. The highest BCUT2D eigenvalue weighted by Gasteiger charge is 2.11. The van der Waals surface area contributed by atoms with Crippen molar-refractivity contribution in [3.05, 3.63) is 29.0 Å². The highest BCUT2D eigenvalue weighted by molar-refractivity contribution is 5.85. The number of aryl methyl sites for hydroxylation is 2. The van der Waals surface area contributed by atoms with Gasteiger partial charge in [-0.15, -0.1) is 12.4 Å². The fourth-order valence-corrected chi connectivity index (χ4v) is 1.46. The third-order valence-electron chi connectivity index (χ3n) is 2.34. The topological polar surface area (TPSA) is 93.6 Å². The van der Waals surface area contributed by atoms with Crippen molar-refractivity contribution in [1.82, 2.24) is 20.2 Å². The number of halogens is 1. The fourth-order valence-electron chi connectivity index (χ4n) is 1.46. The number of nitrogens with zero attached hydrogens (tertiary/aromatic N) is 3. The monoisotopic (exact) mass is 257 g/mol. The van der Waals surface area contributed by atoms with Crippen molar-refractivity contribution in [2.75, 3.05) is 0 Å². The minimum absolute atomic E-state index is 0. The van der Waals surface area contributed by atoms with E-state index in [1.54, 1.807) is 0 Å². The van der Waals surface area contributed by atoms with Gasteiger partial charge >= 0.3 is 0 Å². The Kier molecular flexibility index (Phi) is 4.65. The first kappa shape index (κ1) is 13.7. The summed E-state index contributed by atoms with van der Waals surface area (Å²) >= 11 is 0. The maximum Gasteiger partial charge on any atom is 0.202 e. The fraction of sp³-hybridized carbons (Fsp3) is 0.500. The van der Waals surface area contributed by atoms with Crippen molar-refractivity contribution in [1.29, 1.82) is 0 Å². The molecule has 0 aromatic carbocycles. The molecule has 0 amide bonds. The molecule has 0 radical (unpaired) electrons. The number of hydrogen-bond acceptors (Lipinski definition) is 5. The van der Waals surface area contributed by atoms with E-state index in [0.29, 0.717) is 24.7 Å². The van der Waals surface area contributed by atoms with Gasteiger partial charge in [-0.3, -0.25) is 5.10 Å². The number of oxazole rings is 1. The molecule has 0 fully saturated rings. The average molecular weight is 258 g/mol. The lowest BCUT2D eigenvalue weighted by atomic mass is 10.4. The highest BCUT2D eigenvalue weighted by atomic mass is 35.5. The molecule has 2 aromatic heterocycles. The van der Waals surface area contributed by atoms with E-state index in [-0.39, 0.29) is 12.4 Å². The van der Waals surface area contributed by atoms with Gasteiger partial charge in [0.2, 0.25) is 5.89 Å². The molecule has 6 nitrogen and oxygen atoms in total. The molecular weight excluding hydrogens is 242 g/mol. The Labute approximate surface area is 105 Å². The average Bonchev–Trinajstić information content (AvgIpc) is 2.85. The number of nitrogens with two attached hydrogens (primary N) is 1. The lowest BCUT2D eigenvalue weighted by molar-refractivity contribution is 0.462. The van der Waals surface area contributed by atoms with E-state index in [4.69, 9.17) is 10.2 Å². The summed E-state index contributed by atoms with van der Waals surface area (Å²) in [6.07, 6.45) is 1.34. The second-order valence-electron chi connectivity index (χ2n) is 3.55. The third-order valence-corrected chi connectivity index (χ3v) is 2.34. The molecule has 0 atom stereocenters. The van der Waals surface area contributed by atoms with Gasteiger partial charge in [0.25, 0.3) is 0 Å². The number of aromatic amines is 1. The quantitative estimate of drug-likeness (QED) is 0.857. The zero-order valence-corrected chi connectivity index (χ0v) is 10.7. The zero-order valence-electron chi connectivity index (χ0n) is 9.86. The SMILES string of the molecule is CCc1nc(Cc2nc(C)c(CN)o2)n[nH]1.Cl. The summed E-state index contributed by atoms with van der Waals surface area (Å²) in [5, 5.41) is 6.94. The molecule has 2 aromatic rings. The number of aromatic nitrogens is 4. The Balaban J connectivity index is 0.00000144. The normalized spacial score (nSPS) is 10.3. The van der Waals surface area contributed by atoms with Crippen LogP contribution in [0.5, 0.6) is 0 Å². The van der Waals surface area contributed by atoms with Crippen LogP contribution in [0.3, 0.4) is 0 Å². The number of nitrogens with one attached hydrogen (secondary N) is 1. The van der Waals surface area contributed by atoms with Crippen molar-refractivity contribution in [3.63, 3.8) is 0 Å². The second kappa shape index (κ2) is 5.79. The van der Waals surface area contributed by atoms with Crippen LogP contribution in [0.2, 0.25) is 0 Å². The van der Waals surface area contributed by atoms with Crippen molar-refractivity contribution in [2.24, 2.45) is 5.73 Å². The van der Waals surface area contributed by atoms with Gasteiger partial charge in [0, 0.05) is 6.42 Å². The summed E-state index contributed by atoms with van der Waals surface area (Å²) in [6, 6.07) is 0. The van der Waals surface area contributed by atoms with Crippen molar-refractivity contribution < 1.29 is 4.42 Å². The summed E-state index contributed by atoms with van der Waals surface area (Å²) < 4.78 is 5.48. The Hall–Kier alpha value is -1.40. The first-order chi connectivity index (χ1) is 7.72. The van der Waals surface area contributed by atoms with Crippen LogP contribution in [0.15, 0.2) is 4.42 Å². The van der Waals surface area contributed by atoms with E-state index in [0.717, 1.165) is 23.7 Å². The van der Waals surface area contributed by atoms with E-state index >= 15 is 0 Å². The zero-order chi connectivity index (χ0) is 11.5. The van der Waals surface area contributed by atoms with Gasteiger partial charge in [0.05, 0.1) is 18.7 Å². The lowest BCUT2D eigenvalue weighted by Crippen LogP contribution is -1.95. The predicted octanol–water partition coefficient (Wildman–Crippen LogP) is 1.13. The van der Waals surface area contributed by atoms with E-state index in [1.807, 2.05) is 13.8 Å². The van der Waals surface area contributed by atoms with Gasteiger partial charge in [-0.05, 0) is 6.92 Å². The molecule has 0 saturated heterocycles. The van der Waals surface area contributed by atoms with Gasteiger partial charge in [-0.25, -0.2) is 9.97 Å². The van der Waals surface area contributed by atoms with Crippen molar-refractivity contribution in [3.8, 4) is 0 Å². The van der Waals surface area contributed by atoms with Crippen LogP contribution in [-0.4, -0.2) is 20.2 Å². The maximum atomic E-state index is 5.51. The Morgan fingerprint density at radius 1 is 1.35 bits per heavy atom. The van der Waals surface area contributed by atoms with E-state index in [2.05, 4.69) is 20.2 Å². The van der Waals surface area contributed by atoms with E-state index in [1.165, 1.54) is 0 Å². The van der Waals surface area contributed by atoms with Crippen LogP contribution in [0, 0.1) is 6.92 Å². The molecular formula is C10H16ClN5O. The van der Waals surface area contributed by atoms with Crippen molar-refractivity contribution in [2.45, 2.75) is 33.2 Å². The smallest absolute Gasteiger partial charge is 0.202 e. The lowest BCUT2D eigenvalue weighted by Gasteiger charge is -1.89. The number of rotatable bonds is 4. The minimum Gasteiger partial charge on any atom is -0.444 e. The van der Waals surface area contributed by atoms with Crippen LogP contribution in [0.1, 0.15) is 35.9 Å². The summed E-state index contributed by atoms with van der Waals surface area (Å²) in [7, 11) is 0. The number of hydrogen-bond donors (Lipinski definition) is 2. The van der Waals surface area contributed by atoms with E-state index < -0.39 is 0 Å². The first-order valence-electron chi connectivity index (χ1n) is 5.28. The second-order valence-corrected chi connectivity index (χ2v) is 3.55. The molecule has 2 heterocycles. The molecule has 7 heteroatoms. The van der Waals surface area contributed by atoms with Gasteiger partial charge in [-0.2, -0.15) is 5.10 Å². The summed E-state index contributed by atoms with van der Waals surface area (Å²) in [5.41, 5.74) is 6.35. The standard InChI is InChI=1S/C10H15N5O.ClH/c1-3-8-13-9(15-14-8)4-10-12-6(2)7(5-11)16-10;/h3-5,11H2,1-2H3,(H,13,14,15);1H. The third kappa shape index (κ3) is 3.04. The predicted molar refractivity (Wildman–Crippen MR) is 64.9 cm³/mol. The summed E-state index contributed by atoms with van der Waals surface area (Å²) in [5.74, 6) is 2.90. The van der Waals surface area contributed by atoms with Crippen molar-refractivity contribution >= 4 is 12.4 Å². The van der Waals surface area contributed by atoms with Crippen LogP contribution in [0.25, 0.3) is 0 Å². The molecule has 17 heavy (non-hydrogen) atoms. The molecule has 0 spiro atoms. The molecule has 0 aliphatic carbocycles. The largest absolute Gasteiger partial charge is 0.444 e. The number of H-pyrrole nitrogens is 1. The Morgan fingerprint density at radius 3 is 2.65 bits per heavy atom. The van der Waals surface area contributed by atoms with Gasteiger partial charge < -0.3 is 10.2 Å². The van der Waals surface area contributed by atoms with Gasteiger partial charge in [0.1, 0.15) is 11.6 Å². The highest BCUT2D eigenvalue weighted by Crippen LogP contribution is 2.11. The van der Waals surface area contributed by atoms with Gasteiger partial charge in [0.15, 0.2) is 5.82 Å². The molecule has 3 N–H and O–H groups in total. The molecule has 0 aliphatic rings. The summed E-state index contributed by atoms with van der Waals surface area (Å²) in [6.45, 7) is 4.27. The van der Waals surface area contributed by atoms with Crippen LogP contribution in [-0.2, 0) is 19.4 Å². The molecule has 0 bridgehead atoms. The molecule has 0 unspecified atom stereocenters. The Bertz CT molecular complexity index is 479. The molecule has 0 aliphatic heterocycles. The van der Waals surface area contributed by atoms with E-state index in [9.17, 15) is 0 Å². The molecule has 2 rings (SSSR count). The van der Waals surface area contributed by atoms with Gasteiger partial charge in [-0.1, -0.05) is 6.92 Å². The molecule has 0 saturated carbocycles. The minimum atomic E-state index is 0. The van der Waals surface area contributed by atoms with Crippen LogP contribution >= 0.6 is 12.4 Å².